The maximum absolute atomic E-state index is 11.1. The van der Waals surface area contributed by atoms with E-state index in [1.54, 1.807) is 11.7 Å². The maximum atomic E-state index is 11.1. The van der Waals surface area contributed by atoms with Gasteiger partial charge in [-0.15, -0.1) is 0 Å². The smallest absolute Gasteiger partial charge is 0.414 e. The van der Waals surface area contributed by atoms with Crippen LogP contribution < -0.4 is 0 Å². The van der Waals surface area contributed by atoms with Gasteiger partial charge in [0.2, 0.25) is 11.7 Å². The third kappa shape index (κ3) is 15.2. The molecule has 0 bridgehead atoms. The number of carboxylic acid groups (broad SMARTS) is 2. The van der Waals surface area contributed by atoms with Crippen molar-refractivity contribution in [2.75, 3.05) is 52.4 Å². The van der Waals surface area contributed by atoms with Gasteiger partial charge in [-0.25, -0.2) is 9.59 Å². The molecule has 4 heterocycles. The number of nitrogens with zero attached hydrogens (tertiary/aromatic N) is 6. The van der Waals surface area contributed by atoms with Crippen LogP contribution in [0.15, 0.2) is 34.3 Å². The largest absolute Gasteiger partial charge is 0.507 e. The fourth-order valence-electron chi connectivity index (χ4n) is 10.3. The Morgan fingerprint density at radius 1 is 0.609 bits per heavy atom. The first-order valence-electron chi connectivity index (χ1n) is 24.0. The SMILES string of the molecule is Cc1cc(CCCCN2CCC[N+]3=C2CCCCC3)cc(C=NC2CCCCC2N=Cc2cc(CCCCN3CCC[N+]4=C3CCCCC4)cc(C)c2O)c1O.O=C(O)C(=O)O.[CH3-].[Co]. The summed E-state index contributed by atoms with van der Waals surface area (Å²) in [6.45, 7) is 13.7. The molecule has 355 valence electrons. The van der Waals surface area contributed by atoms with E-state index < -0.39 is 11.9 Å². The molecule has 5 aliphatic rings. The Morgan fingerprint density at radius 3 is 1.42 bits per heavy atom. The molecule has 1 aliphatic carbocycles. The molecule has 1 saturated carbocycles. The normalized spacial score (nSPS) is 20.3. The average Bonchev–Trinajstić information content (AvgIpc) is 3.67. The molecule has 4 aliphatic heterocycles. The minimum Gasteiger partial charge on any atom is -0.507 e. The molecule has 12 nitrogen and oxygen atoms in total. The van der Waals surface area contributed by atoms with Crippen molar-refractivity contribution < 1.29 is 55.9 Å². The van der Waals surface area contributed by atoms with Crippen molar-refractivity contribution in [3.05, 3.63) is 65.1 Å². The predicted molar refractivity (Wildman–Crippen MR) is 254 cm³/mol. The van der Waals surface area contributed by atoms with Crippen LogP contribution in [-0.2, 0) is 39.2 Å². The summed E-state index contributed by atoms with van der Waals surface area (Å²) in [6.07, 6.45) is 27.9. The molecule has 0 aromatic heterocycles. The van der Waals surface area contributed by atoms with Crippen molar-refractivity contribution in [2.45, 2.75) is 154 Å². The van der Waals surface area contributed by atoms with E-state index in [0.29, 0.717) is 11.5 Å². The number of amidine groups is 2. The van der Waals surface area contributed by atoms with Crippen LogP contribution in [0.25, 0.3) is 0 Å². The van der Waals surface area contributed by atoms with Gasteiger partial charge < -0.3 is 27.9 Å². The Bertz CT molecular complexity index is 1840. The Labute approximate surface area is 393 Å². The number of rotatable bonds is 14. The molecule has 1 radical (unpaired) electrons. The second-order valence-corrected chi connectivity index (χ2v) is 18.3. The monoisotopic (exact) mass is 929 g/mol. The van der Waals surface area contributed by atoms with Gasteiger partial charge in [0.05, 0.1) is 64.4 Å². The van der Waals surface area contributed by atoms with E-state index in [2.05, 4.69) is 43.2 Å². The number of aliphatic imine (C=N–C) groups is 2. The van der Waals surface area contributed by atoms with Crippen molar-refractivity contribution in [1.82, 2.24) is 9.80 Å². The first-order chi connectivity index (χ1) is 30.1. The Morgan fingerprint density at radius 2 is 1.02 bits per heavy atom. The zero-order valence-electron chi connectivity index (χ0n) is 39.0. The van der Waals surface area contributed by atoms with Crippen molar-refractivity contribution in [3.8, 4) is 11.5 Å². The standard InChI is InChI=1S/C48H70N6O2.C2H2O4.CH3.Co/c1-37-31-39(17-9-13-25-53-29-15-27-51-23-11-3-5-21-45(51)53)33-41(47(37)55)35-49-43-19-7-8-20-44(43)50-36-42-34-40(32-38(2)48(42)56)18-10-14-26-54-30-16-28-52-24-12-4-6-22-46(52)54;3-1(4)2(5)6;;/h31-36,43-44H,3-30H2,1-2H3;(H,3,4)(H,5,6);1H3;/q;;-1;/p+2. The summed E-state index contributed by atoms with van der Waals surface area (Å²) < 4.78 is 5.33. The van der Waals surface area contributed by atoms with Crippen LogP contribution in [0.1, 0.15) is 149 Å². The van der Waals surface area contributed by atoms with Gasteiger partial charge >= 0.3 is 11.9 Å². The second kappa shape index (κ2) is 26.7. The number of hydrogen-bond acceptors (Lipinski definition) is 8. The topological polar surface area (TPSA) is 152 Å². The van der Waals surface area contributed by atoms with E-state index in [1.807, 2.05) is 26.3 Å². The third-order valence-electron chi connectivity index (χ3n) is 13.6. The summed E-state index contributed by atoms with van der Waals surface area (Å²) >= 11 is 0. The van der Waals surface area contributed by atoms with Crippen LogP contribution in [-0.4, -0.2) is 140 Å². The molecule has 2 aromatic rings. The number of aryl methyl sites for hydroxylation is 4. The van der Waals surface area contributed by atoms with Crippen LogP contribution in [0.4, 0.5) is 0 Å². The van der Waals surface area contributed by atoms with Crippen molar-refractivity contribution in [2.24, 2.45) is 9.98 Å². The number of benzene rings is 2. The molecule has 2 atom stereocenters. The maximum Gasteiger partial charge on any atom is 0.414 e. The molecule has 64 heavy (non-hydrogen) atoms. The van der Waals surface area contributed by atoms with Crippen molar-refractivity contribution in [1.29, 1.82) is 0 Å². The van der Waals surface area contributed by atoms with Crippen molar-refractivity contribution in [3.63, 3.8) is 0 Å². The summed E-state index contributed by atoms with van der Waals surface area (Å²) in [5.41, 5.74) is 6.05. The summed E-state index contributed by atoms with van der Waals surface area (Å²) in [4.78, 5) is 33.7. The fraction of sp³-hybridized carbons (Fsp3) is 0.627. The number of aliphatic carboxylic acids is 2. The second-order valence-electron chi connectivity index (χ2n) is 18.3. The van der Waals surface area contributed by atoms with Gasteiger partial charge in [0.1, 0.15) is 11.5 Å². The summed E-state index contributed by atoms with van der Waals surface area (Å²) in [5, 5.41) is 36.9. The minimum atomic E-state index is -1.82. The Balaban J connectivity index is 0.00000105. The van der Waals surface area contributed by atoms with Gasteiger partial charge in [0.15, 0.2) is 0 Å². The molecule has 7 rings (SSSR count). The molecule has 1 fully saturated rings. The molecule has 0 spiro atoms. The first-order valence-corrected chi connectivity index (χ1v) is 24.0. The van der Waals surface area contributed by atoms with Gasteiger partial charge in [0.25, 0.3) is 0 Å². The zero-order chi connectivity index (χ0) is 43.8. The predicted octanol–water partition coefficient (Wildman–Crippen LogP) is 8.19. The first kappa shape index (κ1) is 52.4. The number of hydrogen-bond donors (Lipinski definition) is 4. The zero-order valence-corrected chi connectivity index (χ0v) is 40.1. The molecule has 2 aromatic carbocycles. The fourth-order valence-corrected chi connectivity index (χ4v) is 10.3. The molecule has 0 amide bonds. The van der Waals surface area contributed by atoms with Gasteiger partial charge in [0, 0.05) is 66.0 Å². The van der Waals surface area contributed by atoms with Crippen LogP contribution in [0.3, 0.4) is 0 Å². The van der Waals surface area contributed by atoms with Crippen LogP contribution >= 0.6 is 0 Å². The van der Waals surface area contributed by atoms with E-state index in [-0.39, 0.29) is 36.3 Å². The van der Waals surface area contributed by atoms with E-state index in [1.165, 1.54) is 127 Å². The van der Waals surface area contributed by atoms with Gasteiger partial charge in [-0.1, -0.05) is 25.0 Å². The molecule has 2 unspecified atom stereocenters. The van der Waals surface area contributed by atoms with Gasteiger partial charge in [-0.2, -0.15) is 0 Å². The van der Waals surface area contributed by atoms with Gasteiger partial charge in [-0.3, -0.25) is 28.9 Å². The van der Waals surface area contributed by atoms with Crippen molar-refractivity contribution >= 4 is 36.0 Å². The quantitative estimate of drug-likeness (QED) is 0.0487. The number of carboxylic acids is 2. The Kier molecular flexibility index (Phi) is 21.8. The minimum absolute atomic E-state index is 0. The molecular formula is C51H77CoN6O6+. The average molecular weight is 929 g/mol. The number of phenolic OH excluding ortho intramolecular Hbond substituents is 2. The molecule has 13 heteroatoms. The molecular weight excluding hydrogens is 852 g/mol. The number of unbranched alkanes of at least 4 members (excludes halogenated alkanes) is 2. The van der Waals surface area contributed by atoms with E-state index in [9.17, 15) is 10.2 Å². The summed E-state index contributed by atoms with van der Waals surface area (Å²) in [6, 6.07) is 8.75. The van der Waals surface area contributed by atoms with Crippen LogP contribution in [0.2, 0.25) is 0 Å². The van der Waals surface area contributed by atoms with Crippen LogP contribution in [0, 0.1) is 21.3 Å². The number of carbonyl (C=O) groups is 2. The number of phenols is 2. The van der Waals surface area contributed by atoms with E-state index >= 15 is 0 Å². The summed E-state index contributed by atoms with van der Waals surface area (Å²) in [5.74, 6) is 0.245. The van der Waals surface area contributed by atoms with E-state index in [0.717, 1.165) is 86.7 Å². The van der Waals surface area contributed by atoms with Crippen LogP contribution in [0.5, 0.6) is 11.5 Å². The van der Waals surface area contributed by atoms with E-state index in [4.69, 9.17) is 29.8 Å². The third-order valence-corrected chi connectivity index (χ3v) is 13.6. The Hall–Kier alpha value is -4.23. The molecule has 4 N–H and O–H groups in total. The van der Waals surface area contributed by atoms with Gasteiger partial charge in [-0.05, 0) is 138 Å². The summed E-state index contributed by atoms with van der Waals surface area (Å²) in [7, 11) is 0. The molecule has 0 saturated heterocycles. The number of aromatic hydroxyl groups is 2.